The van der Waals surface area contributed by atoms with Crippen LogP contribution in [0.2, 0.25) is 0 Å². The molecule has 1 saturated heterocycles. The Kier molecular flexibility index (Phi) is 6.62. The minimum atomic E-state index is -0.249. The van der Waals surface area contributed by atoms with Gasteiger partial charge in [0.2, 0.25) is 5.91 Å². The summed E-state index contributed by atoms with van der Waals surface area (Å²) in [6.45, 7) is 2.53. The second-order valence-corrected chi connectivity index (χ2v) is 7.40. The second kappa shape index (κ2) is 9.14. The molecule has 140 valence electrons. The Balaban J connectivity index is 1.42. The summed E-state index contributed by atoms with van der Waals surface area (Å²) in [5.74, 6) is 1.39. The van der Waals surface area contributed by atoms with Crippen molar-refractivity contribution in [2.75, 3.05) is 25.4 Å². The summed E-state index contributed by atoms with van der Waals surface area (Å²) >= 11 is 1.40. The number of nitrogens with one attached hydrogen (secondary N) is 2. The van der Waals surface area contributed by atoms with Crippen LogP contribution in [0, 0.1) is 5.82 Å². The molecule has 1 aliphatic heterocycles. The number of amides is 1. The Morgan fingerprint density at radius 2 is 2.19 bits per heavy atom. The number of hydrogen-bond acceptors (Lipinski definition) is 5. The van der Waals surface area contributed by atoms with Gasteiger partial charge in [0.25, 0.3) is 0 Å². The number of piperidine rings is 1. The van der Waals surface area contributed by atoms with Crippen LogP contribution < -0.4 is 10.6 Å². The molecule has 6 nitrogen and oxygen atoms in total. The lowest BCUT2D eigenvalue weighted by molar-refractivity contribution is -0.118. The zero-order chi connectivity index (χ0) is 18.4. The van der Waals surface area contributed by atoms with Crippen LogP contribution in [0.3, 0.4) is 0 Å². The van der Waals surface area contributed by atoms with Crippen LogP contribution in [0.4, 0.5) is 4.39 Å². The van der Waals surface area contributed by atoms with E-state index in [2.05, 4.69) is 20.8 Å². The molecule has 1 fully saturated rings. The van der Waals surface area contributed by atoms with E-state index in [-0.39, 0.29) is 11.7 Å². The van der Waals surface area contributed by atoms with Gasteiger partial charge in [-0.3, -0.25) is 4.79 Å². The van der Waals surface area contributed by atoms with Gasteiger partial charge in [-0.05, 0) is 43.5 Å². The molecule has 0 bridgehead atoms. The first-order valence-corrected chi connectivity index (χ1v) is 9.86. The first kappa shape index (κ1) is 18.8. The predicted molar refractivity (Wildman–Crippen MR) is 99.7 cm³/mol. The Hall–Kier alpha value is -1.93. The fourth-order valence-corrected chi connectivity index (χ4v) is 3.81. The van der Waals surface area contributed by atoms with E-state index in [0.717, 1.165) is 42.5 Å². The van der Waals surface area contributed by atoms with Crippen LogP contribution in [0.25, 0.3) is 0 Å². The van der Waals surface area contributed by atoms with Gasteiger partial charge in [0.1, 0.15) is 11.6 Å². The molecule has 1 atom stereocenters. The Labute approximate surface area is 157 Å². The minimum Gasteiger partial charge on any atom is -0.355 e. The maximum Gasteiger partial charge on any atom is 0.230 e. The third kappa shape index (κ3) is 5.04. The molecule has 1 aromatic heterocycles. The Morgan fingerprint density at radius 3 is 2.92 bits per heavy atom. The molecule has 2 aromatic rings. The molecule has 0 unspecified atom stereocenters. The summed E-state index contributed by atoms with van der Waals surface area (Å²) in [6, 6.07) is 6.33. The van der Waals surface area contributed by atoms with E-state index in [1.165, 1.54) is 23.9 Å². The highest BCUT2D eigenvalue weighted by Gasteiger charge is 2.21. The average Bonchev–Trinajstić information content (AvgIpc) is 3.03. The first-order valence-electron chi connectivity index (χ1n) is 8.87. The molecule has 3 rings (SSSR count). The smallest absolute Gasteiger partial charge is 0.230 e. The standard InChI is InChI=1S/C18H24FN5OS/c1-24-17(14-3-2-9-20-11-14)22-23-18(24)26-12-16(25)21-10-8-13-4-6-15(19)7-5-13/h4-7,14,20H,2-3,8-12H2,1H3,(H,21,25)/t14-/m0/s1. The lowest BCUT2D eigenvalue weighted by Crippen LogP contribution is -2.30. The number of carbonyl (C=O) groups excluding carboxylic acids is 1. The van der Waals surface area contributed by atoms with Crippen molar-refractivity contribution in [1.82, 2.24) is 25.4 Å². The molecular formula is C18H24FN5OS. The van der Waals surface area contributed by atoms with Crippen LogP contribution in [-0.2, 0) is 18.3 Å². The van der Waals surface area contributed by atoms with Gasteiger partial charge in [-0.1, -0.05) is 23.9 Å². The van der Waals surface area contributed by atoms with E-state index in [1.807, 2.05) is 11.6 Å². The first-order chi connectivity index (χ1) is 12.6. The molecule has 0 spiro atoms. The molecule has 26 heavy (non-hydrogen) atoms. The highest BCUT2D eigenvalue weighted by Crippen LogP contribution is 2.24. The van der Waals surface area contributed by atoms with E-state index < -0.39 is 0 Å². The van der Waals surface area contributed by atoms with Crippen molar-refractivity contribution >= 4 is 17.7 Å². The molecule has 0 aliphatic carbocycles. The summed E-state index contributed by atoms with van der Waals surface area (Å²) < 4.78 is 14.9. The number of thioether (sulfide) groups is 1. The maximum atomic E-state index is 12.9. The van der Waals surface area contributed by atoms with Gasteiger partial charge < -0.3 is 15.2 Å². The largest absolute Gasteiger partial charge is 0.355 e. The van der Waals surface area contributed by atoms with Crippen molar-refractivity contribution in [1.29, 1.82) is 0 Å². The van der Waals surface area contributed by atoms with Gasteiger partial charge in [-0.15, -0.1) is 10.2 Å². The van der Waals surface area contributed by atoms with Crippen molar-refractivity contribution in [2.24, 2.45) is 7.05 Å². The lowest BCUT2D eigenvalue weighted by Gasteiger charge is -2.21. The van der Waals surface area contributed by atoms with Gasteiger partial charge in [0.15, 0.2) is 5.16 Å². The fourth-order valence-electron chi connectivity index (χ4n) is 3.06. The molecule has 8 heteroatoms. The zero-order valence-electron chi connectivity index (χ0n) is 14.9. The molecule has 0 saturated carbocycles. The van der Waals surface area contributed by atoms with Gasteiger partial charge in [0, 0.05) is 26.1 Å². The van der Waals surface area contributed by atoms with E-state index in [9.17, 15) is 9.18 Å². The van der Waals surface area contributed by atoms with Crippen molar-refractivity contribution in [3.63, 3.8) is 0 Å². The van der Waals surface area contributed by atoms with Gasteiger partial charge in [-0.25, -0.2) is 4.39 Å². The lowest BCUT2D eigenvalue weighted by atomic mass is 9.99. The zero-order valence-corrected chi connectivity index (χ0v) is 15.7. The van der Waals surface area contributed by atoms with Crippen molar-refractivity contribution in [2.45, 2.75) is 30.3 Å². The minimum absolute atomic E-state index is 0.0407. The Bertz CT molecular complexity index is 728. The summed E-state index contributed by atoms with van der Waals surface area (Å²) in [5, 5.41) is 15.6. The van der Waals surface area contributed by atoms with Crippen LogP contribution in [0.15, 0.2) is 29.4 Å². The Morgan fingerprint density at radius 1 is 1.38 bits per heavy atom. The summed E-state index contributed by atoms with van der Waals surface area (Å²) in [6.07, 6.45) is 2.95. The molecule has 0 radical (unpaired) electrons. The summed E-state index contributed by atoms with van der Waals surface area (Å²) in [5.41, 5.74) is 0.999. The van der Waals surface area contributed by atoms with E-state index >= 15 is 0 Å². The number of benzene rings is 1. The van der Waals surface area contributed by atoms with Gasteiger partial charge in [-0.2, -0.15) is 0 Å². The van der Waals surface area contributed by atoms with E-state index in [0.29, 0.717) is 24.6 Å². The molecule has 2 heterocycles. The number of nitrogens with zero attached hydrogens (tertiary/aromatic N) is 3. The number of rotatable bonds is 7. The monoisotopic (exact) mass is 377 g/mol. The predicted octanol–water partition coefficient (Wildman–Crippen LogP) is 1.87. The van der Waals surface area contributed by atoms with Gasteiger partial charge in [0.05, 0.1) is 5.75 Å². The van der Waals surface area contributed by atoms with Crippen LogP contribution >= 0.6 is 11.8 Å². The quantitative estimate of drug-likeness (QED) is 0.721. The second-order valence-electron chi connectivity index (χ2n) is 6.46. The highest BCUT2D eigenvalue weighted by atomic mass is 32.2. The summed E-state index contributed by atoms with van der Waals surface area (Å²) in [7, 11) is 1.96. The number of halogens is 1. The highest BCUT2D eigenvalue weighted by molar-refractivity contribution is 7.99. The van der Waals surface area contributed by atoms with E-state index in [1.54, 1.807) is 12.1 Å². The SMILES string of the molecule is Cn1c(SCC(=O)NCCc2ccc(F)cc2)nnc1[C@H]1CCCNC1. The topological polar surface area (TPSA) is 71.8 Å². The molecule has 1 aliphatic rings. The normalized spacial score (nSPS) is 17.2. The van der Waals surface area contributed by atoms with Crippen molar-refractivity contribution in [3.05, 3.63) is 41.5 Å². The molecule has 1 amide bonds. The van der Waals surface area contributed by atoms with Crippen LogP contribution in [0.5, 0.6) is 0 Å². The third-order valence-corrected chi connectivity index (χ3v) is 5.53. The van der Waals surface area contributed by atoms with Crippen molar-refractivity contribution < 1.29 is 9.18 Å². The fraction of sp³-hybridized carbons (Fsp3) is 0.500. The van der Waals surface area contributed by atoms with Gasteiger partial charge >= 0.3 is 0 Å². The average molecular weight is 377 g/mol. The number of carbonyl (C=O) groups is 1. The number of aromatic nitrogens is 3. The molecule has 1 aromatic carbocycles. The van der Waals surface area contributed by atoms with Crippen LogP contribution in [-0.4, -0.2) is 46.1 Å². The van der Waals surface area contributed by atoms with Crippen molar-refractivity contribution in [3.8, 4) is 0 Å². The summed E-state index contributed by atoms with van der Waals surface area (Å²) in [4.78, 5) is 12.0. The molecular weight excluding hydrogens is 353 g/mol. The molecule has 2 N–H and O–H groups in total. The van der Waals surface area contributed by atoms with E-state index in [4.69, 9.17) is 0 Å². The van der Waals surface area contributed by atoms with Crippen LogP contribution in [0.1, 0.15) is 30.1 Å². The maximum absolute atomic E-state index is 12.9. The third-order valence-electron chi connectivity index (χ3n) is 4.51. The number of hydrogen-bond donors (Lipinski definition) is 2.